The average molecular weight is 291 g/mol. The van der Waals surface area contributed by atoms with E-state index < -0.39 is 18.6 Å². The molecule has 0 N–H and O–H groups in total. The lowest BCUT2D eigenvalue weighted by molar-refractivity contribution is -0.159. The van der Waals surface area contributed by atoms with Gasteiger partial charge < -0.3 is 9.64 Å². The maximum atomic E-state index is 12.4. The zero-order chi connectivity index (χ0) is 15.2. The van der Waals surface area contributed by atoms with Gasteiger partial charge in [0.1, 0.15) is 6.54 Å². The zero-order valence-corrected chi connectivity index (χ0v) is 11.2. The Kier molecular flexibility index (Phi) is 5.75. The molecule has 8 heteroatoms. The number of halogens is 3. The number of methoxy groups -OCH3 is 1. The Balaban J connectivity index is 2.69. The van der Waals surface area contributed by atoms with Crippen molar-refractivity contribution in [2.45, 2.75) is 6.18 Å². The van der Waals surface area contributed by atoms with Crippen LogP contribution >= 0.6 is 0 Å². The Morgan fingerprint density at radius 1 is 1.55 bits per heavy atom. The van der Waals surface area contributed by atoms with Gasteiger partial charge in [0.05, 0.1) is 12.8 Å². The van der Waals surface area contributed by atoms with Gasteiger partial charge in [0.2, 0.25) is 5.91 Å². The largest absolute Gasteiger partial charge is 0.406 e. The fraction of sp³-hybridized carbons (Fsp3) is 0.500. The third-order valence-electron chi connectivity index (χ3n) is 2.39. The molecule has 0 saturated carbocycles. The van der Waals surface area contributed by atoms with Gasteiger partial charge in [-0.05, 0) is 6.08 Å². The van der Waals surface area contributed by atoms with E-state index in [1.165, 1.54) is 24.1 Å². The van der Waals surface area contributed by atoms with Crippen LogP contribution in [-0.2, 0) is 16.6 Å². The number of hydrogen-bond acceptors (Lipinski definition) is 3. The Labute approximate surface area is 114 Å². The second-order valence-corrected chi connectivity index (χ2v) is 4.15. The predicted molar refractivity (Wildman–Crippen MR) is 66.8 cm³/mol. The number of ether oxygens (including phenoxy) is 1. The summed E-state index contributed by atoms with van der Waals surface area (Å²) in [7, 11) is 3.06. The molecule has 0 atom stereocenters. The van der Waals surface area contributed by atoms with Gasteiger partial charge in [0.15, 0.2) is 0 Å². The van der Waals surface area contributed by atoms with Gasteiger partial charge in [-0.2, -0.15) is 18.3 Å². The Morgan fingerprint density at radius 2 is 2.25 bits per heavy atom. The van der Waals surface area contributed by atoms with E-state index in [-0.39, 0.29) is 13.2 Å². The lowest BCUT2D eigenvalue weighted by Crippen LogP contribution is -2.40. The van der Waals surface area contributed by atoms with Crippen molar-refractivity contribution < 1.29 is 22.7 Å². The van der Waals surface area contributed by atoms with Crippen LogP contribution in [0.3, 0.4) is 0 Å². The van der Waals surface area contributed by atoms with E-state index in [0.29, 0.717) is 10.5 Å². The molecule has 0 saturated heterocycles. The molecule has 0 radical (unpaired) electrons. The van der Waals surface area contributed by atoms with Crippen LogP contribution in [0.4, 0.5) is 13.2 Å². The average Bonchev–Trinajstić information content (AvgIpc) is 2.76. The van der Waals surface area contributed by atoms with Crippen LogP contribution in [-0.4, -0.2) is 53.6 Å². The number of carbonyl (C=O) groups excluding carboxylic acids is 1. The Morgan fingerprint density at radius 3 is 2.75 bits per heavy atom. The molecule has 0 aliphatic heterocycles. The molecular formula is C12H16F3N3O2. The van der Waals surface area contributed by atoms with Crippen molar-refractivity contribution in [3.05, 3.63) is 24.0 Å². The van der Waals surface area contributed by atoms with Crippen molar-refractivity contribution in [1.82, 2.24) is 14.7 Å². The van der Waals surface area contributed by atoms with Gasteiger partial charge >= 0.3 is 6.18 Å². The van der Waals surface area contributed by atoms with Gasteiger partial charge in [-0.25, -0.2) is 0 Å². The fourth-order valence-electron chi connectivity index (χ4n) is 1.48. The highest BCUT2D eigenvalue weighted by Gasteiger charge is 2.32. The smallest absolute Gasteiger partial charge is 0.383 e. The monoisotopic (exact) mass is 291 g/mol. The third kappa shape index (κ3) is 5.87. The number of carbonyl (C=O) groups is 1. The molecule has 112 valence electrons. The zero-order valence-electron chi connectivity index (χ0n) is 11.2. The van der Waals surface area contributed by atoms with Crippen LogP contribution in [0.15, 0.2) is 18.5 Å². The molecule has 5 nitrogen and oxygen atoms in total. The normalized spacial score (nSPS) is 12.1. The third-order valence-corrected chi connectivity index (χ3v) is 2.39. The molecule has 1 rings (SSSR count). The minimum atomic E-state index is -4.44. The lowest BCUT2D eigenvalue weighted by atomic mass is 10.3. The summed E-state index contributed by atoms with van der Waals surface area (Å²) in [6.45, 7) is -1.37. The summed E-state index contributed by atoms with van der Waals surface area (Å²) in [6, 6.07) is 0. The summed E-state index contributed by atoms with van der Waals surface area (Å²) in [5, 5.41) is 3.89. The molecule has 0 aromatic carbocycles. The van der Waals surface area contributed by atoms with Crippen molar-refractivity contribution in [1.29, 1.82) is 0 Å². The summed E-state index contributed by atoms with van der Waals surface area (Å²) >= 11 is 0. The number of hydrogen-bond donors (Lipinski definition) is 0. The van der Waals surface area contributed by atoms with E-state index in [1.54, 1.807) is 13.2 Å². The lowest BCUT2D eigenvalue weighted by Gasteiger charge is -2.22. The minimum Gasteiger partial charge on any atom is -0.383 e. The number of aryl methyl sites for hydroxylation is 1. The van der Waals surface area contributed by atoms with Crippen LogP contribution in [0.5, 0.6) is 0 Å². The molecule has 20 heavy (non-hydrogen) atoms. The molecule has 0 bridgehead atoms. The number of nitrogens with zero attached hydrogens (tertiary/aromatic N) is 3. The molecule has 0 aliphatic carbocycles. The van der Waals surface area contributed by atoms with Crippen molar-refractivity contribution in [3.63, 3.8) is 0 Å². The molecule has 1 aromatic rings. The fourth-order valence-corrected chi connectivity index (χ4v) is 1.48. The van der Waals surface area contributed by atoms with E-state index in [0.717, 1.165) is 6.08 Å². The summed E-state index contributed by atoms with van der Waals surface area (Å²) in [5.41, 5.74) is 0.638. The van der Waals surface area contributed by atoms with Gasteiger partial charge in [-0.3, -0.25) is 9.48 Å². The molecule has 1 aromatic heterocycles. The molecule has 1 heterocycles. The molecule has 0 unspecified atom stereocenters. The first-order valence-corrected chi connectivity index (χ1v) is 5.83. The minimum absolute atomic E-state index is 0.0442. The quantitative estimate of drug-likeness (QED) is 0.746. The second kappa shape index (κ2) is 7.09. The first-order chi connectivity index (χ1) is 9.31. The first-order valence-electron chi connectivity index (χ1n) is 5.83. The van der Waals surface area contributed by atoms with E-state index in [4.69, 9.17) is 4.74 Å². The number of aromatic nitrogens is 2. The van der Waals surface area contributed by atoms with E-state index >= 15 is 0 Å². The van der Waals surface area contributed by atoms with Crippen LogP contribution in [0.25, 0.3) is 6.08 Å². The number of amides is 1. The summed E-state index contributed by atoms with van der Waals surface area (Å²) in [6.07, 6.45) is 1.23. The van der Waals surface area contributed by atoms with E-state index in [2.05, 4.69) is 5.10 Å². The molecular weight excluding hydrogens is 275 g/mol. The van der Waals surface area contributed by atoms with Crippen molar-refractivity contribution >= 4 is 12.0 Å². The number of alkyl halides is 3. The standard InChI is InChI=1S/C12H16F3N3O2/c1-17-8-10(7-16-17)3-4-11(19)18(5-6-20-2)9-12(13,14)15/h3-4,7-8H,5-6,9H2,1-2H3/b4-3-. The maximum Gasteiger partial charge on any atom is 0.406 e. The SMILES string of the molecule is COCCN(CC(F)(F)F)C(=O)/C=C\c1cnn(C)c1. The Bertz CT molecular complexity index is 469. The highest BCUT2D eigenvalue weighted by atomic mass is 19.4. The van der Waals surface area contributed by atoms with Gasteiger partial charge in [0, 0.05) is 38.5 Å². The van der Waals surface area contributed by atoms with Crippen LogP contribution < -0.4 is 0 Å². The van der Waals surface area contributed by atoms with Crippen LogP contribution in [0.2, 0.25) is 0 Å². The molecule has 0 aliphatic rings. The highest BCUT2D eigenvalue weighted by molar-refractivity contribution is 5.91. The maximum absolute atomic E-state index is 12.4. The van der Waals surface area contributed by atoms with Gasteiger partial charge in [0.25, 0.3) is 0 Å². The predicted octanol–water partition coefficient (Wildman–Crippen LogP) is 1.47. The van der Waals surface area contributed by atoms with Crippen LogP contribution in [0.1, 0.15) is 5.56 Å². The molecule has 1 amide bonds. The second-order valence-electron chi connectivity index (χ2n) is 4.15. The molecule has 0 spiro atoms. The van der Waals surface area contributed by atoms with E-state index in [9.17, 15) is 18.0 Å². The van der Waals surface area contributed by atoms with Gasteiger partial charge in [-0.1, -0.05) is 0 Å². The number of rotatable bonds is 6. The van der Waals surface area contributed by atoms with Gasteiger partial charge in [-0.15, -0.1) is 0 Å². The molecule has 0 fully saturated rings. The summed E-state index contributed by atoms with van der Waals surface area (Å²) < 4.78 is 43.4. The topological polar surface area (TPSA) is 47.4 Å². The van der Waals surface area contributed by atoms with Crippen molar-refractivity contribution in [3.8, 4) is 0 Å². The first kappa shape index (κ1) is 16.2. The Hall–Kier alpha value is -1.83. The van der Waals surface area contributed by atoms with Crippen molar-refractivity contribution in [2.75, 3.05) is 26.8 Å². The van der Waals surface area contributed by atoms with E-state index in [1.807, 2.05) is 0 Å². The highest BCUT2D eigenvalue weighted by Crippen LogP contribution is 2.16. The summed E-state index contributed by atoms with van der Waals surface area (Å²) in [5.74, 6) is -0.719. The van der Waals surface area contributed by atoms with Crippen LogP contribution in [0, 0.1) is 0 Å². The van der Waals surface area contributed by atoms with Crippen molar-refractivity contribution in [2.24, 2.45) is 7.05 Å². The summed E-state index contributed by atoms with van der Waals surface area (Å²) in [4.78, 5) is 12.5.